The van der Waals surface area contributed by atoms with E-state index in [1.165, 1.54) is 11.1 Å². The van der Waals surface area contributed by atoms with E-state index in [1.54, 1.807) is 12.5 Å². The molecular weight excluding hydrogens is 148 g/mol. The van der Waals surface area contributed by atoms with E-state index in [9.17, 15) is 0 Å². The first kappa shape index (κ1) is 7.17. The first-order chi connectivity index (χ1) is 5.95. The number of benzene rings is 1. The molecule has 2 rings (SSSR count). The summed E-state index contributed by atoms with van der Waals surface area (Å²) in [5.41, 5.74) is 2.54. The summed E-state index contributed by atoms with van der Waals surface area (Å²) < 4.78 is 4.99. The zero-order valence-electron chi connectivity index (χ0n) is 6.73. The lowest BCUT2D eigenvalue weighted by Crippen LogP contribution is -1.83. The van der Waals surface area contributed by atoms with Gasteiger partial charge in [0.25, 0.3) is 0 Å². The highest BCUT2D eigenvalue weighted by molar-refractivity contribution is 5.22. The molecule has 0 fully saturated rings. The van der Waals surface area contributed by atoms with Gasteiger partial charge in [-0.1, -0.05) is 30.3 Å². The topological polar surface area (TPSA) is 13.1 Å². The molecule has 1 nitrogen and oxygen atoms in total. The van der Waals surface area contributed by atoms with Gasteiger partial charge in [-0.3, -0.25) is 0 Å². The maximum atomic E-state index is 4.99. The Morgan fingerprint density at radius 2 is 1.75 bits per heavy atom. The Morgan fingerprint density at radius 1 is 0.917 bits per heavy atom. The summed E-state index contributed by atoms with van der Waals surface area (Å²) in [4.78, 5) is 0. The van der Waals surface area contributed by atoms with Crippen molar-refractivity contribution in [3.8, 4) is 0 Å². The average Bonchev–Trinajstić information content (AvgIpc) is 2.59. The largest absolute Gasteiger partial charge is 0.472 e. The zero-order valence-corrected chi connectivity index (χ0v) is 6.73. The van der Waals surface area contributed by atoms with Gasteiger partial charge in [0.15, 0.2) is 0 Å². The summed E-state index contributed by atoms with van der Waals surface area (Å²) in [6, 6.07) is 12.4. The van der Waals surface area contributed by atoms with Crippen molar-refractivity contribution in [1.29, 1.82) is 0 Å². The summed E-state index contributed by atoms with van der Waals surface area (Å²) in [6.07, 6.45) is 4.45. The minimum atomic E-state index is 0.956. The second-order valence-corrected chi connectivity index (χ2v) is 2.79. The Kier molecular flexibility index (Phi) is 1.95. The van der Waals surface area contributed by atoms with Crippen molar-refractivity contribution in [2.45, 2.75) is 6.42 Å². The van der Waals surface area contributed by atoms with Crippen LogP contribution in [-0.2, 0) is 6.42 Å². The predicted octanol–water partition coefficient (Wildman–Crippen LogP) is 2.87. The lowest BCUT2D eigenvalue weighted by molar-refractivity contribution is 0.564. The van der Waals surface area contributed by atoms with Gasteiger partial charge in [0, 0.05) is 6.42 Å². The van der Waals surface area contributed by atoms with Crippen molar-refractivity contribution in [3.63, 3.8) is 0 Å². The quantitative estimate of drug-likeness (QED) is 0.655. The van der Waals surface area contributed by atoms with Gasteiger partial charge in [-0.05, 0) is 17.2 Å². The molecule has 1 aromatic carbocycles. The highest BCUT2D eigenvalue weighted by Crippen LogP contribution is 2.08. The van der Waals surface area contributed by atoms with E-state index in [-0.39, 0.29) is 0 Å². The van der Waals surface area contributed by atoms with E-state index in [2.05, 4.69) is 24.3 Å². The lowest BCUT2D eigenvalue weighted by atomic mass is 10.1. The minimum Gasteiger partial charge on any atom is -0.472 e. The highest BCUT2D eigenvalue weighted by atomic mass is 16.3. The molecule has 0 bridgehead atoms. The lowest BCUT2D eigenvalue weighted by Gasteiger charge is -1.95. The molecule has 0 unspecified atom stereocenters. The molecular formula is C11H10O. The molecule has 0 saturated carbocycles. The first-order valence-corrected chi connectivity index (χ1v) is 4.00. The molecule has 2 aromatic rings. The number of hydrogen-bond acceptors (Lipinski definition) is 1. The first-order valence-electron chi connectivity index (χ1n) is 4.00. The third-order valence-corrected chi connectivity index (χ3v) is 1.83. The second kappa shape index (κ2) is 3.26. The number of rotatable bonds is 2. The molecule has 1 heteroatoms. The van der Waals surface area contributed by atoms with Gasteiger partial charge in [-0.25, -0.2) is 0 Å². The van der Waals surface area contributed by atoms with Crippen molar-refractivity contribution in [2.75, 3.05) is 0 Å². The molecule has 0 N–H and O–H groups in total. The van der Waals surface area contributed by atoms with Gasteiger partial charge < -0.3 is 4.42 Å². The fourth-order valence-corrected chi connectivity index (χ4v) is 1.22. The number of hydrogen-bond donors (Lipinski definition) is 0. The van der Waals surface area contributed by atoms with E-state index in [0.717, 1.165) is 6.42 Å². The summed E-state index contributed by atoms with van der Waals surface area (Å²) in [6.45, 7) is 0. The normalized spacial score (nSPS) is 10.0. The van der Waals surface area contributed by atoms with Gasteiger partial charge in [-0.15, -0.1) is 0 Å². The van der Waals surface area contributed by atoms with Crippen LogP contribution < -0.4 is 0 Å². The van der Waals surface area contributed by atoms with Crippen LogP contribution in [0, 0.1) is 0 Å². The van der Waals surface area contributed by atoms with E-state index < -0.39 is 0 Å². The van der Waals surface area contributed by atoms with Crippen LogP contribution >= 0.6 is 0 Å². The number of furan rings is 1. The van der Waals surface area contributed by atoms with Crippen molar-refractivity contribution < 1.29 is 4.42 Å². The SMILES string of the molecule is c1ccc(Cc2ccoc2)cc1. The van der Waals surface area contributed by atoms with Gasteiger partial charge in [0.1, 0.15) is 0 Å². The molecule has 0 aliphatic rings. The molecule has 0 atom stereocenters. The summed E-state index contributed by atoms with van der Waals surface area (Å²) >= 11 is 0. The molecule has 0 radical (unpaired) electrons. The van der Waals surface area contributed by atoms with Crippen molar-refractivity contribution in [3.05, 3.63) is 60.1 Å². The highest BCUT2D eigenvalue weighted by Gasteiger charge is 1.94. The maximum Gasteiger partial charge on any atom is 0.0937 e. The van der Waals surface area contributed by atoms with Gasteiger partial charge >= 0.3 is 0 Å². The van der Waals surface area contributed by atoms with Crippen LogP contribution in [0.2, 0.25) is 0 Å². The molecule has 1 aromatic heterocycles. The predicted molar refractivity (Wildman–Crippen MR) is 48.0 cm³/mol. The third-order valence-electron chi connectivity index (χ3n) is 1.83. The Labute approximate surface area is 71.6 Å². The van der Waals surface area contributed by atoms with E-state index in [1.807, 2.05) is 12.1 Å². The van der Waals surface area contributed by atoms with Crippen LogP contribution in [0.5, 0.6) is 0 Å². The standard InChI is InChI=1S/C11H10O/c1-2-4-10(5-3-1)8-11-6-7-12-9-11/h1-7,9H,8H2. The molecule has 0 aliphatic heterocycles. The Balaban J connectivity index is 2.15. The van der Waals surface area contributed by atoms with Crippen LogP contribution in [0.3, 0.4) is 0 Å². The fourth-order valence-electron chi connectivity index (χ4n) is 1.22. The smallest absolute Gasteiger partial charge is 0.0937 e. The molecule has 0 amide bonds. The van der Waals surface area contributed by atoms with Crippen molar-refractivity contribution in [1.82, 2.24) is 0 Å². The van der Waals surface area contributed by atoms with Crippen LogP contribution in [0.15, 0.2) is 53.3 Å². The Morgan fingerprint density at radius 3 is 2.42 bits per heavy atom. The summed E-state index contributed by atoms with van der Waals surface area (Å²) in [7, 11) is 0. The van der Waals surface area contributed by atoms with Crippen LogP contribution in [-0.4, -0.2) is 0 Å². The molecule has 60 valence electrons. The minimum absolute atomic E-state index is 0.956. The second-order valence-electron chi connectivity index (χ2n) is 2.79. The van der Waals surface area contributed by atoms with Crippen LogP contribution in [0.4, 0.5) is 0 Å². The monoisotopic (exact) mass is 158 g/mol. The Hall–Kier alpha value is -1.50. The fraction of sp³-hybridized carbons (Fsp3) is 0.0909. The van der Waals surface area contributed by atoms with Crippen molar-refractivity contribution >= 4 is 0 Å². The van der Waals surface area contributed by atoms with Crippen molar-refractivity contribution in [2.24, 2.45) is 0 Å². The van der Waals surface area contributed by atoms with Gasteiger partial charge in [-0.2, -0.15) is 0 Å². The molecule has 1 heterocycles. The molecule has 0 spiro atoms. The van der Waals surface area contributed by atoms with Crippen LogP contribution in [0.1, 0.15) is 11.1 Å². The molecule has 12 heavy (non-hydrogen) atoms. The Bertz CT molecular complexity index is 321. The van der Waals surface area contributed by atoms with E-state index >= 15 is 0 Å². The molecule has 0 saturated heterocycles. The molecule has 0 aliphatic carbocycles. The zero-order chi connectivity index (χ0) is 8.23. The average molecular weight is 158 g/mol. The summed E-state index contributed by atoms with van der Waals surface area (Å²) in [5.74, 6) is 0. The maximum absolute atomic E-state index is 4.99. The third kappa shape index (κ3) is 1.56. The summed E-state index contributed by atoms with van der Waals surface area (Å²) in [5, 5.41) is 0. The van der Waals surface area contributed by atoms with E-state index in [4.69, 9.17) is 4.42 Å². The van der Waals surface area contributed by atoms with Gasteiger partial charge in [0.2, 0.25) is 0 Å². The van der Waals surface area contributed by atoms with Crippen LogP contribution in [0.25, 0.3) is 0 Å². The van der Waals surface area contributed by atoms with E-state index in [0.29, 0.717) is 0 Å². The van der Waals surface area contributed by atoms with Gasteiger partial charge in [0.05, 0.1) is 12.5 Å².